The molecule has 1 N–H and O–H groups in total. The molecule has 0 saturated carbocycles. The number of rotatable bonds is 3. The number of nitriles is 1. The van der Waals surface area contributed by atoms with Gasteiger partial charge in [0, 0.05) is 35.7 Å². The van der Waals surface area contributed by atoms with Crippen molar-refractivity contribution in [2.45, 2.75) is 25.4 Å². The first-order chi connectivity index (χ1) is 9.28. The Balaban J connectivity index is 1.91. The zero-order chi connectivity index (χ0) is 13.2. The van der Waals surface area contributed by atoms with Crippen LogP contribution in [0.4, 0.5) is 0 Å². The van der Waals surface area contributed by atoms with E-state index in [0.29, 0.717) is 17.5 Å². The van der Waals surface area contributed by atoms with E-state index in [1.54, 1.807) is 18.3 Å². The van der Waals surface area contributed by atoms with Gasteiger partial charge in [-0.25, -0.2) is 0 Å². The molecule has 19 heavy (non-hydrogen) atoms. The predicted molar refractivity (Wildman–Crippen MR) is 70.9 cm³/mol. The second kappa shape index (κ2) is 4.87. The minimum Gasteiger partial charge on any atom is -0.378 e. The van der Waals surface area contributed by atoms with Gasteiger partial charge in [0.1, 0.15) is 0 Å². The molecule has 0 amide bonds. The highest BCUT2D eigenvalue weighted by atomic mass is 16.5. The van der Waals surface area contributed by atoms with E-state index in [2.05, 4.69) is 11.1 Å². The summed E-state index contributed by atoms with van der Waals surface area (Å²) in [6.45, 7) is 0.754. The predicted octanol–water partition coefficient (Wildman–Crippen LogP) is 2.79. The van der Waals surface area contributed by atoms with Crippen molar-refractivity contribution < 1.29 is 9.53 Å². The van der Waals surface area contributed by atoms with Crippen LogP contribution in [0.2, 0.25) is 0 Å². The van der Waals surface area contributed by atoms with Crippen LogP contribution in [0, 0.1) is 11.3 Å². The summed E-state index contributed by atoms with van der Waals surface area (Å²) in [7, 11) is 0. The lowest BCUT2D eigenvalue weighted by molar-refractivity contribution is 0.0777. The van der Waals surface area contributed by atoms with Crippen LogP contribution < -0.4 is 0 Å². The van der Waals surface area contributed by atoms with Gasteiger partial charge in [0.2, 0.25) is 0 Å². The third-order valence-electron chi connectivity index (χ3n) is 3.55. The summed E-state index contributed by atoms with van der Waals surface area (Å²) in [5.74, 6) is 0.0771. The Morgan fingerprint density at radius 1 is 1.53 bits per heavy atom. The fourth-order valence-corrected chi connectivity index (χ4v) is 2.54. The van der Waals surface area contributed by atoms with Gasteiger partial charge < -0.3 is 9.72 Å². The first-order valence-electron chi connectivity index (χ1n) is 6.44. The maximum Gasteiger partial charge on any atom is 0.167 e. The number of Topliss-reactive ketones (excluding diaryl/α,β-unsaturated/α-hetero) is 1. The highest BCUT2D eigenvalue weighted by Gasteiger charge is 2.21. The quantitative estimate of drug-likeness (QED) is 0.856. The molecule has 96 valence electrons. The number of fused-ring (bicyclic) bond motifs is 1. The number of aromatic amines is 1. The van der Waals surface area contributed by atoms with E-state index in [9.17, 15) is 4.79 Å². The summed E-state index contributed by atoms with van der Waals surface area (Å²) in [6.07, 6.45) is 4.19. The smallest absolute Gasteiger partial charge is 0.167 e. The van der Waals surface area contributed by atoms with E-state index in [1.807, 2.05) is 6.07 Å². The number of ketones is 1. The molecule has 0 bridgehead atoms. The number of H-pyrrole nitrogens is 1. The molecule has 1 atom stereocenters. The maximum atomic E-state index is 12.3. The third kappa shape index (κ3) is 2.25. The number of hydrogen-bond donors (Lipinski definition) is 1. The lowest BCUT2D eigenvalue weighted by Crippen LogP contribution is -2.12. The number of carbonyl (C=O) groups is 1. The van der Waals surface area contributed by atoms with Crippen molar-refractivity contribution in [3.63, 3.8) is 0 Å². The van der Waals surface area contributed by atoms with Crippen molar-refractivity contribution >= 4 is 16.7 Å². The Morgan fingerprint density at radius 2 is 2.42 bits per heavy atom. The molecular formula is C15H14N2O2. The zero-order valence-electron chi connectivity index (χ0n) is 10.5. The molecule has 1 saturated heterocycles. The number of nitrogens with zero attached hydrogens (tertiary/aromatic N) is 1. The topological polar surface area (TPSA) is 65.9 Å². The lowest BCUT2D eigenvalue weighted by Gasteiger charge is -2.07. The molecule has 1 aliphatic heterocycles. The molecule has 1 aliphatic rings. The van der Waals surface area contributed by atoms with Gasteiger partial charge in [-0.2, -0.15) is 5.26 Å². The van der Waals surface area contributed by atoms with Crippen molar-refractivity contribution in [3.05, 3.63) is 35.5 Å². The standard InChI is InChI=1S/C15H14N2O2/c16-8-10-3-4-14-12(6-10)13(9-17-14)15(18)7-11-2-1-5-19-11/h3-4,6,9,11,17H,1-2,5,7H2. The van der Waals surface area contributed by atoms with Crippen LogP contribution in [0.15, 0.2) is 24.4 Å². The van der Waals surface area contributed by atoms with Gasteiger partial charge in [-0.05, 0) is 31.0 Å². The minimum atomic E-state index is 0.0524. The summed E-state index contributed by atoms with van der Waals surface area (Å²) in [4.78, 5) is 15.4. The average Bonchev–Trinajstić information content (AvgIpc) is 3.06. The Kier molecular flexibility index (Phi) is 3.06. The summed E-state index contributed by atoms with van der Waals surface area (Å²) in [6, 6.07) is 7.43. The van der Waals surface area contributed by atoms with Crippen LogP contribution in [0.5, 0.6) is 0 Å². The summed E-state index contributed by atoms with van der Waals surface area (Å²) >= 11 is 0. The van der Waals surface area contributed by atoms with Crippen molar-refractivity contribution in [3.8, 4) is 6.07 Å². The van der Waals surface area contributed by atoms with Crippen LogP contribution in [-0.4, -0.2) is 23.5 Å². The SMILES string of the molecule is N#Cc1ccc2[nH]cc(C(=O)CC3CCCO3)c2c1. The van der Waals surface area contributed by atoms with Crippen LogP contribution in [0.25, 0.3) is 10.9 Å². The minimum absolute atomic E-state index is 0.0524. The van der Waals surface area contributed by atoms with Gasteiger partial charge in [0.25, 0.3) is 0 Å². The normalized spacial score (nSPS) is 18.6. The van der Waals surface area contributed by atoms with E-state index < -0.39 is 0 Å². The maximum absolute atomic E-state index is 12.3. The lowest BCUT2D eigenvalue weighted by atomic mass is 10.0. The number of ether oxygens (including phenoxy) is 1. The van der Waals surface area contributed by atoms with Gasteiger partial charge in [-0.1, -0.05) is 0 Å². The Hall–Kier alpha value is -2.12. The van der Waals surface area contributed by atoms with Gasteiger partial charge in [0.15, 0.2) is 5.78 Å². The number of carbonyl (C=O) groups excluding carboxylic acids is 1. The van der Waals surface area contributed by atoms with Gasteiger partial charge in [-0.15, -0.1) is 0 Å². The molecule has 2 heterocycles. The molecule has 4 nitrogen and oxygen atoms in total. The van der Waals surface area contributed by atoms with E-state index in [1.165, 1.54) is 0 Å². The van der Waals surface area contributed by atoms with E-state index in [0.717, 1.165) is 30.4 Å². The van der Waals surface area contributed by atoms with Crippen LogP contribution in [0.3, 0.4) is 0 Å². The molecule has 0 spiro atoms. The summed E-state index contributed by atoms with van der Waals surface area (Å²) in [5.41, 5.74) is 2.11. The first-order valence-corrected chi connectivity index (χ1v) is 6.44. The average molecular weight is 254 g/mol. The largest absolute Gasteiger partial charge is 0.378 e. The zero-order valence-corrected chi connectivity index (χ0v) is 10.5. The molecule has 0 radical (unpaired) electrons. The van der Waals surface area contributed by atoms with Crippen molar-refractivity contribution in [2.24, 2.45) is 0 Å². The molecule has 1 aromatic carbocycles. The van der Waals surface area contributed by atoms with Crippen LogP contribution in [0.1, 0.15) is 35.2 Å². The molecule has 0 aliphatic carbocycles. The summed E-state index contributed by atoms with van der Waals surface area (Å²) < 4.78 is 5.50. The van der Waals surface area contributed by atoms with E-state index in [4.69, 9.17) is 10.00 Å². The number of benzene rings is 1. The third-order valence-corrected chi connectivity index (χ3v) is 3.55. The van der Waals surface area contributed by atoms with Crippen molar-refractivity contribution in [1.29, 1.82) is 5.26 Å². The van der Waals surface area contributed by atoms with E-state index >= 15 is 0 Å². The number of nitrogens with one attached hydrogen (secondary N) is 1. The molecule has 2 aromatic rings. The highest BCUT2D eigenvalue weighted by Crippen LogP contribution is 2.24. The molecule has 1 unspecified atom stereocenters. The molecule has 1 fully saturated rings. The Labute approximate surface area is 111 Å². The fourth-order valence-electron chi connectivity index (χ4n) is 2.54. The van der Waals surface area contributed by atoms with Gasteiger partial charge >= 0.3 is 0 Å². The highest BCUT2D eigenvalue weighted by molar-refractivity contribution is 6.08. The fraction of sp³-hybridized carbons (Fsp3) is 0.333. The van der Waals surface area contributed by atoms with Crippen LogP contribution >= 0.6 is 0 Å². The second-order valence-electron chi connectivity index (χ2n) is 4.84. The van der Waals surface area contributed by atoms with E-state index in [-0.39, 0.29) is 11.9 Å². The first kappa shape index (κ1) is 11.9. The van der Waals surface area contributed by atoms with Crippen LogP contribution in [-0.2, 0) is 4.74 Å². The molecular weight excluding hydrogens is 240 g/mol. The molecule has 3 rings (SSSR count). The second-order valence-corrected chi connectivity index (χ2v) is 4.84. The number of hydrogen-bond acceptors (Lipinski definition) is 3. The molecule has 1 aromatic heterocycles. The van der Waals surface area contributed by atoms with Crippen molar-refractivity contribution in [2.75, 3.05) is 6.61 Å². The monoisotopic (exact) mass is 254 g/mol. The van der Waals surface area contributed by atoms with Gasteiger partial charge in [0.05, 0.1) is 17.7 Å². The van der Waals surface area contributed by atoms with Crippen molar-refractivity contribution in [1.82, 2.24) is 4.98 Å². The Bertz CT molecular complexity index is 660. The molecule has 4 heteroatoms. The summed E-state index contributed by atoms with van der Waals surface area (Å²) in [5, 5.41) is 9.75. The number of aromatic nitrogens is 1. The Morgan fingerprint density at radius 3 is 3.16 bits per heavy atom. The van der Waals surface area contributed by atoms with Gasteiger partial charge in [-0.3, -0.25) is 4.79 Å².